The van der Waals surface area contributed by atoms with Crippen molar-refractivity contribution in [2.45, 2.75) is 13.8 Å². The van der Waals surface area contributed by atoms with E-state index in [0.717, 1.165) is 37.4 Å². The van der Waals surface area contributed by atoms with Crippen molar-refractivity contribution < 1.29 is 0 Å². The molecule has 0 aliphatic heterocycles. The smallest absolute Gasteiger partial charge is 0.188 e. The number of fused-ring (bicyclic) bond motifs is 1. The summed E-state index contributed by atoms with van der Waals surface area (Å²) in [7, 11) is 0. The number of halogens is 1. The number of benzene rings is 1. The summed E-state index contributed by atoms with van der Waals surface area (Å²) in [6.07, 6.45) is 0. The zero-order chi connectivity index (χ0) is 13.4. The topological polar surface area (TPSA) is 37.8 Å². The van der Waals surface area contributed by atoms with E-state index in [2.05, 4.69) is 15.3 Å². The maximum Gasteiger partial charge on any atom is 0.188 e. The van der Waals surface area contributed by atoms with Gasteiger partial charge in [-0.15, -0.1) is 0 Å². The van der Waals surface area contributed by atoms with Crippen LogP contribution in [0.15, 0.2) is 30.3 Å². The fourth-order valence-electron chi connectivity index (χ4n) is 1.90. The first kappa shape index (κ1) is 12.4. The van der Waals surface area contributed by atoms with Gasteiger partial charge in [0.1, 0.15) is 0 Å². The summed E-state index contributed by atoms with van der Waals surface area (Å²) in [5.74, 6) is 0. The number of pyridine rings is 1. The predicted molar refractivity (Wildman–Crippen MR) is 81.6 cm³/mol. The van der Waals surface area contributed by atoms with Crippen molar-refractivity contribution >= 4 is 44.0 Å². The summed E-state index contributed by atoms with van der Waals surface area (Å²) in [6.45, 7) is 3.96. The van der Waals surface area contributed by atoms with Gasteiger partial charge >= 0.3 is 0 Å². The fourth-order valence-corrected chi connectivity index (χ4v) is 3.07. The van der Waals surface area contributed by atoms with E-state index in [1.807, 2.05) is 44.2 Å². The summed E-state index contributed by atoms with van der Waals surface area (Å²) >= 11 is 7.71. The molecule has 0 amide bonds. The van der Waals surface area contributed by atoms with Crippen molar-refractivity contribution in [1.82, 2.24) is 9.97 Å². The Bertz CT molecular complexity index is 752. The van der Waals surface area contributed by atoms with Gasteiger partial charge in [-0.25, -0.2) is 4.98 Å². The third-order valence-electron chi connectivity index (χ3n) is 2.83. The second kappa shape index (κ2) is 4.79. The number of aromatic nitrogens is 2. The molecule has 0 bridgehead atoms. The average molecular weight is 290 g/mol. The summed E-state index contributed by atoms with van der Waals surface area (Å²) < 4.78 is 1.00. The zero-order valence-electron chi connectivity index (χ0n) is 10.6. The third kappa shape index (κ3) is 2.41. The highest BCUT2D eigenvalue weighted by Crippen LogP contribution is 2.33. The van der Waals surface area contributed by atoms with Gasteiger partial charge < -0.3 is 5.32 Å². The Hall–Kier alpha value is -1.65. The van der Waals surface area contributed by atoms with E-state index < -0.39 is 0 Å². The minimum Gasteiger partial charge on any atom is -0.330 e. The molecule has 2 heterocycles. The second-order valence-electron chi connectivity index (χ2n) is 4.32. The van der Waals surface area contributed by atoms with Crippen molar-refractivity contribution in [1.29, 1.82) is 0 Å². The molecule has 0 fully saturated rings. The normalized spacial score (nSPS) is 10.9. The van der Waals surface area contributed by atoms with Crippen molar-refractivity contribution in [3.63, 3.8) is 0 Å². The molecular weight excluding hydrogens is 278 g/mol. The van der Waals surface area contributed by atoms with Crippen LogP contribution in [0, 0.1) is 13.8 Å². The predicted octanol–water partition coefficient (Wildman–Crippen LogP) is 4.71. The van der Waals surface area contributed by atoms with Crippen LogP contribution in [0.2, 0.25) is 5.02 Å². The Morgan fingerprint density at radius 1 is 1.11 bits per heavy atom. The van der Waals surface area contributed by atoms with Crippen molar-refractivity contribution in [2.75, 3.05) is 5.32 Å². The molecule has 96 valence electrons. The van der Waals surface area contributed by atoms with Crippen molar-refractivity contribution in [2.24, 2.45) is 0 Å². The SMILES string of the molecule is Cc1ccc(Nc2nc3cccc(Cl)c3s2)c(C)n1. The van der Waals surface area contributed by atoms with Gasteiger partial charge in [0, 0.05) is 5.69 Å². The van der Waals surface area contributed by atoms with Gasteiger partial charge in [0.05, 0.1) is 26.6 Å². The van der Waals surface area contributed by atoms with Crippen LogP contribution in [-0.2, 0) is 0 Å². The minimum absolute atomic E-state index is 0.738. The number of thiazole rings is 1. The van der Waals surface area contributed by atoms with E-state index in [4.69, 9.17) is 11.6 Å². The van der Waals surface area contributed by atoms with E-state index >= 15 is 0 Å². The second-order valence-corrected chi connectivity index (χ2v) is 5.72. The Labute approximate surface area is 120 Å². The molecule has 5 heteroatoms. The standard InChI is InChI=1S/C14H12ClN3S/c1-8-6-7-11(9(2)16-8)17-14-18-12-5-3-4-10(15)13(12)19-14/h3-7H,1-2H3,(H,17,18). The van der Waals surface area contributed by atoms with Crippen molar-refractivity contribution in [3.8, 4) is 0 Å². The Morgan fingerprint density at radius 3 is 2.68 bits per heavy atom. The molecule has 0 radical (unpaired) electrons. The van der Waals surface area contributed by atoms with Crippen molar-refractivity contribution in [3.05, 3.63) is 46.7 Å². The van der Waals surface area contributed by atoms with E-state index in [1.165, 1.54) is 0 Å². The zero-order valence-corrected chi connectivity index (χ0v) is 12.1. The Balaban J connectivity index is 1.99. The monoisotopic (exact) mass is 289 g/mol. The lowest BCUT2D eigenvalue weighted by Gasteiger charge is -2.06. The molecule has 0 aliphatic rings. The number of hydrogen-bond donors (Lipinski definition) is 1. The van der Waals surface area contributed by atoms with Gasteiger partial charge in [-0.1, -0.05) is 29.0 Å². The Morgan fingerprint density at radius 2 is 1.95 bits per heavy atom. The first-order valence-corrected chi connectivity index (χ1v) is 7.09. The molecule has 19 heavy (non-hydrogen) atoms. The quantitative estimate of drug-likeness (QED) is 0.743. The van der Waals surface area contributed by atoms with Crippen LogP contribution in [0.1, 0.15) is 11.4 Å². The molecule has 0 saturated heterocycles. The van der Waals surface area contributed by atoms with Crippen LogP contribution in [0.5, 0.6) is 0 Å². The molecule has 1 N–H and O–H groups in total. The van der Waals surface area contributed by atoms with Crippen LogP contribution in [0.3, 0.4) is 0 Å². The van der Waals surface area contributed by atoms with Crippen LogP contribution in [-0.4, -0.2) is 9.97 Å². The molecule has 0 saturated carbocycles. The maximum atomic E-state index is 6.16. The molecular formula is C14H12ClN3S. The van der Waals surface area contributed by atoms with E-state index in [0.29, 0.717) is 0 Å². The highest BCUT2D eigenvalue weighted by atomic mass is 35.5. The van der Waals surface area contributed by atoms with Gasteiger partial charge in [0.2, 0.25) is 0 Å². The van der Waals surface area contributed by atoms with Crippen LogP contribution in [0.4, 0.5) is 10.8 Å². The van der Waals surface area contributed by atoms with Gasteiger partial charge in [0.15, 0.2) is 5.13 Å². The van der Waals surface area contributed by atoms with E-state index in [1.54, 1.807) is 11.3 Å². The summed E-state index contributed by atoms with van der Waals surface area (Å²) in [5, 5.41) is 4.87. The first-order chi connectivity index (χ1) is 9.13. The minimum atomic E-state index is 0.738. The third-order valence-corrected chi connectivity index (χ3v) is 4.28. The maximum absolute atomic E-state index is 6.16. The Kier molecular flexibility index (Phi) is 3.12. The molecule has 2 aromatic heterocycles. The molecule has 0 unspecified atom stereocenters. The lowest BCUT2D eigenvalue weighted by Crippen LogP contribution is -1.95. The summed E-state index contributed by atoms with van der Waals surface area (Å²) in [5.41, 5.74) is 3.86. The number of aryl methyl sites for hydroxylation is 2. The number of nitrogens with one attached hydrogen (secondary N) is 1. The number of anilines is 2. The van der Waals surface area contributed by atoms with Gasteiger partial charge in [0.25, 0.3) is 0 Å². The molecule has 0 spiro atoms. The molecule has 0 aliphatic carbocycles. The van der Waals surface area contributed by atoms with Crippen LogP contribution in [0.25, 0.3) is 10.2 Å². The molecule has 1 aromatic carbocycles. The first-order valence-electron chi connectivity index (χ1n) is 5.90. The lowest BCUT2D eigenvalue weighted by molar-refractivity contribution is 1.12. The number of rotatable bonds is 2. The summed E-state index contributed by atoms with van der Waals surface area (Å²) in [6, 6.07) is 9.75. The lowest BCUT2D eigenvalue weighted by atomic mass is 10.3. The summed E-state index contributed by atoms with van der Waals surface area (Å²) in [4.78, 5) is 8.96. The fraction of sp³-hybridized carbons (Fsp3) is 0.143. The van der Waals surface area contributed by atoms with Crippen LogP contribution >= 0.6 is 22.9 Å². The van der Waals surface area contributed by atoms with Gasteiger partial charge in [-0.2, -0.15) is 0 Å². The van der Waals surface area contributed by atoms with E-state index in [-0.39, 0.29) is 0 Å². The largest absolute Gasteiger partial charge is 0.330 e. The molecule has 3 aromatic rings. The van der Waals surface area contributed by atoms with Gasteiger partial charge in [-0.05, 0) is 38.1 Å². The molecule has 0 atom stereocenters. The van der Waals surface area contributed by atoms with Gasteiger partial charge in [-0.3, -0.25) is 4.98 Å². The van der Waals surface area contributed by atoms with E-state index in [9.17, 15) is 0 Å². The number of nitrogens with zero attached hydrogens (tertiary/aromatic N) is 2. The highest BCUT2D eigenvalue weighted by molar-refractivity contribution is 7.22. The number of hydrogen-bond acceptors (Lipinski definition) is 4. The highest BCUT2D eigenvalue weighted by Gasteiger charge is 2.08. The average Bonchev–Trinajstić information content (AvgIpc) is 2.77. The van der Waals surface area contributed by atoms with Crippen LogP contribution < -0.4 is 5.32 Å². The molecule has 3 rings (SSSR count). The molecule has 3 nitrogen and oxygen atoms in total.